The molecule has 29 heavy (non-hydrogen) atoms. The van der Waals surface area contributed by atoms with Gasteiger partial charge in [0, 0.05) is 19.5 Å². The van der Waals surface area contributed by atoms with Crippen LogP contribution in [0.5, 0.6) is 5.75 Å². The molecular weight excluding hydrogens is 388 g/mol. The van der Waals surface area contributed by atoms with Crippen LogP contribution in [-0.2, 0) is 16.0 Å². The molecule has 6 nitrogen and oxygen atoms in total. The number of carbonyl (C=O) groups excluding carboxylic acids is 3. The second-order valence-electron chi connectivity index (χ2n) is 6.44. The second-order valence-corrected chi connectivity index (χ2v) is 7.44. The maximum atomic E-state index is 12.5. The van der Waals surface area contributed by atoms with Gasteiger partial charge in [0.25, 0.3) is 11.1 Å². The monoisotopic (exact) mass is 410 g/mol. The summed E-state index contributed by atoms with van der Waals surface area (Å²) < 4.78 is 5.11. The van der Waals surface area contributed by atoms with Crippen LogP contribution in [0.1, 0.15) is 17.5 Å². The minimum atomic E-state index is -0.323. The summed E-state index contributed by atoms with van der Waals surface area (Å²) in [7, 11) is 1.61. The quantitative estimate of drug-likeness (QED) is 0.675. The zero-order chi connectivity index (χ0) is 20.6. The van der Waals surface area contributed by atoms with Gasteiger partial charge in [0.1, 0.15) is 5.75 Å². The molecule has 1 saturated heterocycles. The van der Waals surface area contributed by atoms with Crippen molar-refractivity contribution < 1.29 is 19.1 Å². The van der Waals surface area contributed by atoms with Crippen molar-refractivity contribution in [1.29, 1.82) is 0 Å². The molecule has 7 heteroatoms. The minimum Gasteiger partial charge on any atom is -0.497 e. The highest BCUT2D eigenvalue weighted by Crippen LogP contribution is 2.31. The Bertz CT molecular complexity index is 910. The molecule has 0 spiro atoms. The SMILES string of the molecule is COc1ccc(CCC(=O)NCCN2C(=O)S/C(=C/c3ccccc3)C2=O)cc1. The lowest BCUT2D eigenvalue weighted by Crippen LogP contribution is -2.37. The summed E-state index contributed by atoms with van der Waals surface area (Å²) in [5, 5.41) is 2.45. The number of methoxy groups -OCH3 is 1. The van der Waals surface area contributed by atoms with Crippen molar-refractivity contribution in [2.24, 2.45) is 0 Å². The average molecular weight is 410 g/mol. The van der Waals surface area contributed by atoms with Gasteiger partial charge < -0.3 is 10.1 Å². The van der Waals surface area contributed by atoms with E-state index < -0.39 is 0 Å². The Morgan fingerprint density at radius 1 is 1.10 bits per heavy atom. The predicted octanol–water partition coefficient (Wildman–Crippen LogP) is 3.48. The lowest BCUT2D eigenvalue weighted by molar-refractivity contribution is -0.124. The number of nitrogens with one attached hydrogen (secondary N) is 1. The van der Waals surface area contributed by atoms with Gasteiger partial charge in [-0.3, -0.25) is 19.3 Å². The average Bonchev–Trinajstić information content (AvgIpc) is 3.00. The van der Waals surface area contributed by atoms with Gasteiger partial charge in [-0.1, -0.05) is 42.5 Å². The zero-order valence-corrected chi connectivity index (χ0v) is 16.9. The van der Waals surface area contributed by atoms with E-state index in [0.29, 0.717) is 17.7 Å². The number of amides is 3. The fourth-order valence-electron chi connectivity index (χ4n) is 2.84. The molecule has 0 radical (unpaired) electrons. The summed E-state index contributed by atoms with van der Waals surface area (Å²) in [6.07, 6.45) is 2.65. The molecule has 0 aliphatic carbocycles. The van der Waals surface area contributed by atoms with Crippen LogP contribution in [0.3, 0.4) is 0 Å². The maximum Gasteiger partial charge on any atom is 0.293 e. The van der Waals surface area contributed by atoms with E-state index in [2.05, 4.69) is 5.32 Å². The topological polar surface area (TPSA) is 75.7 Å². The van der Waals surface area contributed by atoms with E-state index in [-0.39, 0.29) is 30.1 Å². The smallest absolute Gasteiger partial charge is 0.293 e. The van der Waals surface area contributed by atoms with Crippen LogP contribution < -0.4 is 10.1 Å². The highest BCUT2D eigenvalue weighted by Gasteiger charge is 2.34. The van der Waals surface area contributed by atoms with Crippen LogP contribution in [0.15, 0.2) is 59.5 Å². The third kappa shape index (κ3) is 5.71. The molecule has 1 heterocycles. The molecule has 150 valence electrons. The summed E-state index contributed by atoms with van der Waals surface area (Å²) in [5.74, 6) is 0.334. The van der Waals surface area contributed by atoms with E-state index in [1.807, 2.05) is 54.6 Å². The van der Waals surface area contributed by atoms with E-state index in [0.717, 1.165) is 28.6 Å². The van der Waals surface area contributed by atoms with Crippen molar-refractivity contribution in [2.45, 2.75) is 12.8 Å². The van der Waals surface area contributed by atoms with Gasteiger partial charge in [-0.15, -0.1) is 0 Å². The number of thioether (sulfide) groups is 1. The van der Waals surface area contributed by atoms with E-state index >= 15 is 0 Å². The molecule has 3 amide bonds. The molecule has 3 rings (SSSR count). The fourth-order valence-corrected chi connectivity index (χ4v) is 3.70. The highest BCUT2D eigenvalue weighted by molar-refractivity contribution is 8.18. The first-order valence-corrected chi connectivity index (χ1v) is 10.1. The molecule has 2 aromatic rings. The molecule has 1 aliphatic rings. The molecule has 0 unspecified atom stereocenters. The minimum absolute atomic E-state index is 0.118. The summed E-state index contributed by atoms with van der Waals surface area (Å²) in [6.45, 7) is 0.392. The largest absolute Gasteiger partial charge is 0.497 e. The van der Waals surface area contributed by atoms with Crippen molar-refractivity contribution in [2.75, 3.05) is 20.2 Å². The Morgan fingerprint density at radius 3 is 2.52 bits per heavy atom. The fraction of sp³-hybridized carbons (Fsp3) is 0.227. The Morgan fingerprint density at radius 2 is 1.83 bits per heavy atom. The summed E-state index contributed by atoms with van der Waals surface area (Å²) in [6, 6.07) is 16.9. The molecule has 2 aromatic carbocycles. The van der Waals surface area contributed by atoms with Gasteiger partial charge in [-0.25, -0.2) is 0 Å². The van der Waals surface area contributed by atoms with E-state index in [4.69, 9.17) is 4.74 Å². The van der Waals surface area contributed by atoms with Crippen LogP contribution in [0.2, 0.25) is 0 Å². The van der Waals surface area contributed by atoms with Crippen molar-refractivity contribution in [3.63, 3.8) is 0 Å². The van der Waals surface area contributed by atoms with Gasteiger partial charge >= 0.3 is 0 Å². The number of benzene rings is 2. The van der Waals surface area contributed by atoms with Crippen molar-refractivity contribution in [3.05, 3.63) is 70.6 Å². The number of hydrogen-bond acceptors (Lipinski definition) is 5. The molecule has 0 atom stereocenters. The molecule has 1 aliphatic heterocycles. The molecule has 0 bridgehead atoms. The van der Waals surface area contributed by atoms with Crippen LogP contribution >= 0.6 is 11.8 Å². The number of aryl methyl sites for hydroxylation is 1. The Hall–Kier alpha value is -3.06. The number of rotatable bonds is 8. The second kappa shape index (κ2) is 9.93. The van der Waals surface area contributed by atoms with Crippen LogP contribution in [0, 0.1) is 0 Å². The Balaban J connectivity index is 1.44. The van der Waals surface area contributed by atoms with Crippen molar-refractivity contribution >= 4 is 34.9 Å². The highest BCUT2D eigenvalue weighted by atomic mass is 32.2. The maximum absolute atomic E-state index is 12.5. The van der Waals surface area contributed by atoms with Gasteiger partial charge in [0.05, 0.1) is 12.0 Å². The number of nitrogens with zero attached hydrogens (tertiary/aromatic N) is 1. The van der Waals surface area contributed by atoms with Crippen LogP contribution in [0.4, 0.5) is 4.79 Å². The first kappa shape index (κ1) is 20.7. The first-order valence-electron chi connectivity index (χ1n) is 9.27. The standard InChI is InChI=1S/C22H22N2O4S/c1-28-18-10-7-16(8-11-18)9-12-20(25)23-13-14-24-21(26)19(29-22(24)27)15-17-5-3-2-4-6-17/h2-8,10-11,15H,9,12-14H2,1H3,(H,23,25)/b19-15+. The summed E-state index contributed by atoms with van der Waals surface area (Å²) >= 11 is 0.922. The summed E-state index contributed by atoms with van der Waals surface area (Å²) in [4.78, 5) is 38.2. The summed E-state index contributed by atoms with van der Waals surface area (Å²) in [5.41, 5.74) is 1.91. The van der Waals surface area contributed by atoms with E-state index in [9.17, 15) is 14.4 Å². The molecular formula is C22H22N2O4S. The number of imide groups is 1. The lowest BCUT2D eigenvalue weighted by atomic mass is 10.1. The lowest BCUT2D eigenvalue weighted by Gasteiger charge is -2.13. The Labute approximate surface area is 173 Å². The number of ether oxygens (including phenoxy) is 1. The zero-order valence-electron chi connectivity index (χ0n) is 16.1. The van der Waals surface area contributed by atoms with Gasteiger partial charge in [-0.2, -0.15) is 0 Å². The Kier molecular flexibility index (Phi) is 7.08. The van der Waals surface area contributed by atoms with Crippen LogP contribution in [-0.4, -0.2) is 42.2 Å². The molecule has 0 aromatic heterocycles. The third-order valence-corrected chi connectivity index (χ3v) is 5.34. The normalized spacial score (nSPS) is 15.1. The molecule has 1 fully saturated rings. The van der Waals surface area contributed by atoms with Gasteiger partial charge in [-0.05, 0) is 47.5 Å². The molecule has 0 saturated carbocycles. The number of carbonyl (C=O) groups is 3. The number of hydrogen-bond donors (Lipinski definition) is 1. The predicted molar refractivity (Wildman–Crippen MR) is 113 cm³/mol. The third-order valence-electron chi connectivity index (χ3n) is 4.43. The van der Waals surface area contributed by atoms with Gasteiger partial charge in [0.2, 0.25) is 5.91 Å². The van der Waals surface area contributed by atoms with Gasteiger partial charge in [0.15, 0.2) is 0 Å². The van der Waals surface area contributed by atoms with Crippen molar-refractivity contribution in [3.8, 4) is 5.75 Å². The van der Waals surface area contributed by atoms with E-state index in [1.54, 1.807) is 13.2 Å². The molecule has 1 N–H and O–H groups in total. The van der Waals surface area contributed by atoms with Crippen LogP contribution in [0.25, 0.3) is 6.08 Å². The van der Waals surface area contributed by atoms with E-state index in [1.165, 1.54) is 4.90 Å². The van der Waals surface area contributed by atoms with Crippen molar-refractivity contribution in [1.82, 2.24) is 10.2 Å². The first-order chi connectivity index (χ1) is 14.1.